The van der Waals surface area contributed by atoms with Crippen LogP contribution in [0.1, 0.15) is 32.6 Å². The zero-order valence-corrected chi connectivity index (χ0v) is 6.73. The van der Waals surface area contributed by atoms with Crippen LogP contribution >= 0.6 is 0 Å². The van der Waals surface area contributed by atoms with Crippen LogP contribution in [0.15, 0.2) is 0 Å². The first kappa shape index (κ1) is 8.02. The lowest BCUT2D eigenvalue weighted by Crippen LogP contribution is -2.42. The highest BCUT2D eigenvalue weighted by Crippen LogP contribution is 2.26. The van der Waals surface area contributed by atoms with Crippen molar-refractivity contribution in [3.05, 3.63) is 0 Å². The SMILES string of the molecule is CCC1(CN)CCCCO1. The van der Waals surface area contributed by atoms with Gasteiger partial charge in [0.2, 0.25) is 0 Å². The molecule has 2 nitrogen and oxygen atoms in total. The third-order valence-electron chi connectivity index (χ3n) is 2.45. The van der Waals surface area contributed by atoms with Crippen molar-refractivity contribution < 1.29 is 4.74 Å². The van der Waals surface area contributed by atoms with E-state index in [-0.39, 0.29) is 5.60 Å². The molecule has 0 saturated carbocycles. The van der Waals surface area contributed by atoms with Gasteiger partial charge >= 0.3 is 0 Å². The quantitative estimate of drug-likeness (QED) is 0.632. The van der Waals surface area contributed by atoms with Crippen LogP contribution < -0.4 is 5.73 Å². The van der Waals surface area contributed by atoms with E-state index in [9.17, 15) is 0 Å². The highest BCUT2D eigenvalue weighted by atomic mass is 16.5. The maximum absolute atomic E-state index is 5.64. The largest absolute Gasteiger partial charge is 0.374 e. The van der Waals surface area contributed by atoms with Gasteiger partial charge in [-0.2, -0.15) is 0 Å². The van der Waals surface area contributed by atoms with Crippen molar-refractivity contribution in [1.82, 2.24) is 0 Å². The number of hydrogen-bond acceptors (Lipinski definition) is 2. The first-order valence-corrected chi connectivity index (χ1v) is 4.17. The average molecular weight is 143 g/mol. The average Bonchev–Trinajstić information content (AvgIpc) is 2.06. The molecule has 0 aliphatic carbocycles. The Kier molecular flexibility index (Phi) is 2.69. The first-order valence-electron chi connectivity index (χ1n) is 4.17. The minimum Gasteiger partial charge on any atom is -0.374 e. The summed E-state index contributed by atoms with van der Waals surface area (Å²) in [6, 6.07) is 0. The predicted octanol–water partition coefficient (Wildman–Crippen LogP) is 1.29. The zero-order valence-electron chi connectivity index (χ0n) is 6.73. The minimum absolute atomic E-state index is 0.0399. The third-order valence-corrected chi connectivity index (χ3v) is 2.45. The van der Waals surface area contributed by atoms with E-state index in [1.165, 1.54) is 12.8 Å². The molecule has 1 aliphatic heterocycles. The molecule has 0 spiro atoms. The van der Waals surface area contributed by atoms with Crippen LogP contribution in [0.25, 0.3) is 0 Å². The molecule has 0 aromatic heterocycles. The maximum atomic E-state index is 5.64. The number of rotatable bonds is 2. The summed E-state index contributed by atoms with van der Waals surface area (Å²) in [7, 11) is 0. The molecule has 1 unspecified atom stereocenters. The summed E-state index contributed by atoms with van der Waals surface area (Å²) < 4.78 is 5.64. The molecule has 60 valence electrons. The Balaban J connectivity index is 2.44. The summed E-state index contributed by atoms with van der Waals surface area (Å²) in [5.74, 6) is 0. The lowest BCUT2D eigenvalue weighted by Gasteiger charge is -2.35. The van der Waals surface area contributed by atoms with Crippen molar-refractivity contribution in [2.24, 2.45) is 5.73 Å². The van der Waals surface area contributed by atoms with Crippen LogP contribution in [-0.2, 0) is 4.74 Å². The van der Waals surface area contributed by atoms with Gasteiger partial charge < -0.3 is 10.5 Å². The van der Waals surface area contributed by atoms with Gasteiger partial charge in [-0.1, -0.05) is 6.92 Å². The van der Waals surface area contributed by atoms with Crippen molar-refractivity contribution in [1.29, 1.82) is 0 Å². The van der Waals surface area contributed by atoms with E-state index in [0.29, 0.717) is 6.54 Å². The molecule has 1 rings (SSSR count). The van der Waals surface area contributed by atoms with E-state index in [2.05, 4.69) is 6.92 Å². The molecule has 1 fully saturated rings. The summed E-state index contributed by atoms with van der Waals surface area (Å²) in [6.07, 6.45) is 4.70. The van der Waals surface area contributed by atoms with Gasteiger partial charge in [0.05, 0.1) is 5.60 Å². The molecule has 0 radical (unpaired) electrons. The summed E-state index contributed by atoms with van der Waals surface area (Å²) in [4.78, 5) is 0. The topological polar surface area (TPSA) is 35.2 Å². The number of ether oxygens (including phenoxy) is 1. The Bertz CT molecular complexity index is 91.4. The van der Waals surface area contributed by atoms with E-state index in [0.717, 1.165) is 19.4 Å². The molecule has 10 heavy (non-hydrogen) atoms. The van der Waals surface area contributed by atoms with Crippen molar-refractivity contribution in [3.8, 4) is 0 Å². The second kappa shape index (κ2) is 3.35. The van der Waals surface area contributed by atoms with Crippen molar-refractivity contribution in [3.63, 3.8) is 0 Å². The fourth-order valence-electron chi connectivity index (χ4n) is 1.49. The predicted molar refractivity (Wildman–Crippen MR) is 41.9 cm³/mol. The normalized spacial score (nSPS) is 34.2. The Morgan fingerprint density at radius 2 is 2.30 bits per heavy atom. The smallest absolute Gasteiger partial charge is 0.0801 e. The molecule has 2 heteroatoms. The van der Waals surface area contributed by atoms with E-state index in [1.807, 2.05) is 0 Å². The first-order chi connectivity index (χ1) is 4.83. The summed E-state index contributed by atoms with van der Waals surface area (Å²) in [6.45, 7) is 3.74. The molecule has 0 aromatic rings. The lowest BCUT2D eigenvalue weighted by molar-refractivity contribution is -0.0736. The van der Waals surface area contributed by atoms with Crippen molar-refractivity contribution in [2.75, 3.05) is 13.2 Å². The van der Waals surface area contributed by atoms with E-state index in [1.54, 1.807) is 0 Å². The molecule has 0 bridgehead atoms. The Morgan fingerprint density at radius 1 is 1.50 bits per heavy atom. The van der Waals surface area contributed by atoms with Crippen molar-refractivity contribution in [2.45, 2.75) is 38.2 Å². The van der Waals surface area contributed by atoms with Gasteiger partial charge in [0, 0.05) is 13.2 Å². The van der Waals surface area contributed by atoms with Gasteiger partial charge in [-0.05, 0) is 25.7 Å². The highest BCUT2D eigenvalue weighted by Gasteiger charge is 2.29. The second-order valence-corrected chi connectivity index (χ2v) is 3.05. The van der Waals surface area contributed by atoms with E-state index in [4.69, 9.17) is 10.5 Å². The Hall–Kier alpha value is -0.0800. The zero-order chi connectivity index (χ0) is 7.45. The summed E-state index contributed by atoms with van der Waals surface area (Å²) >= 11 is 0. The monoisotopic (exact) mass is 143 g/mol. The summed E-state index contributed by atoms with van der Waals surface area (Å²) in [5, 5.41) is 0. The van der Waals surface area contributed by atoms with Gasteiger partial charge in [0.1, 0.15) is 0 Å². The third kappa shape index (κ3) is 1.50. The highest BCUT2D eigenvalue weighted by molar-refractivity contribution is 4.82. The summed E-state index contributed by atoms with van der Waals surface area (Å²) in [5.41, 5.74) is 5.66. The molecular weight excluding hydrogens is 126 g/mol. The van der Waals surface area contributed by atoms with Gasteiger partial charge in [-0.25, -0.2) is 0 Å². The Labute approximate surface area is 62.7 Å². The Morgan fingerprint density at radius 3 is 2.60 bits per heavy atom. The molecule has 0 aromatic carbocycles. The van der Waals surface area contributed by atoms with Crippen LogP contribution in [-0.4, -0.2) is 18.8 Å². The maximum Gasteiger partial charge on any atom is 0.0801 e. The van der Waals surface area contributed by atoms with Crippen LogP contribution in [0.4, 0.5) is 0 Å². The van der Waals surface area contributed by atoms with Gasteiger partial charge in [0.15, 0.2) is 0 Å². The van der Waals surface area contributed by atoms with Crippen LogP contribution in [0, 0.1) is 0 Å². The molecule has 1 saturated heterocycles. The fourth-order valence-corrected chi connectivity index (χ4v) is 1.49. The van der Waals surface area contributed by atoms with Gasteiger partial charge in [-0.3, -0.25) is 0 Å². The van der Waals surface area contributed by atoms with Gasteiger partial charge in [0.25, 0.3) is 0 Å². The van der Waals surface area contributed by atoms with Crippen LogP contribution in [0.2, 0.25) is 0 Å². The molecule has 0 amide bonds. The fraction of sp³-hybridized carbons (Fsp3) is 1.00. The molecular formula is C8H17NO. The lowest BCUT2D eigenvalue weighted by atomic mass is 9.91. The molecule has 1 heterocycles. The number of nitrogens with two attached hydrogens (primary N) is 1. The van der Waals surface area contributed by atoms with E-state index < -0.39 is 0 Å². The molecule has 1 atom stereocenters. The molecule has 1 aliphatic rings. The second-order valence-electron chi connectivity index (χ2n) is 3.05. The van der Waals surface area contributed by atoms with Gasteiger partial charge in [-0.15, -0.1) is 0 Å². The van der Waals surface area contributed by atoms with Crippen molar-refractivity contribution >= 4 is 0 Å². The van der Waals surface area contributed by atoms with Crippen LogP contribution in [0.3, 0.4) is 0 Å². The minimum atomic E-state index is 0.0399. The van der Waals surface area contributed by atoms with Crippen LogP contribution in [0.5, 0.6) is 0 Å². The molecule has 2 N–H and O–H groups in total. The van der Waals surface area contributed by atoms with E-state index >= 15 is 0 Å². The number of hydrogen-bond donors (Lipinski definition) is 1. The standard InChI is InChI=1S/C8H17NO/c1-2-8(7-9)5-3-4-6-10-8/h2-7,9H2,1H3.